The van der Waals surface area contributed by atoms with Gasteiger partial charge in [-0.25, -0.2) is 0 Å². The van der Waals surface area contributed by atoms with E-state index in [9.17, 15) is 4.79 Å². The van der Waals surface area contributed by atoms with Gasteiger partial charge in [-0.05, 0) is 24.3 Å². The van der Waals surface area contributed by atoms with Crippen molar-refractivity contribution in [3.8, 4) is 6.07 Å². The second-order valence-electron chi connectivity index (χ2n) is 4.14. The predicted molar refractivity (Wildman–Crippen MR) is 68.3 cm³/mol. The van der Waals surface area contributed by atoms with Crippen LogP contribution in [-0.4, -0.2) is 31.7 Å². The quantitative estimate of drug-likeness (QED) is 0.854. The molecule has 1 aliphatic rings. The molecule has 0 aromatic heterocycles. The van der Waals surface area contributed by atoms with Crippen LogP contribution in [0.25, 0.3) is 0 Å². The van der Waals surface area contributed by atoms with E-state index in [1.807, 2.05) is 29.2 Å². The van der Waals surface area contributed by atoms with E-state index in [0.717, 1.165) is 11.4 Å². The van der Waals surface area contributed by atoms with E-state index >= 15 is 0 Å². The zero-order valence-corrected chi connectivity index (χ0v) is 10.2. The van der Waals surface area contributed by atoms with Crippen LogP contribution in [0.15, 0.2) is 24.3 Å². The third-order valence-corrected chi connectivity index (χ3v) is 2.80. The molecule has 0 spiro atoms. The Labute approximate surface area is 106 Å². The zero-order chi connectivity index (χ0) is 13.0. The maximum atomic E-state index is 10.9. The molecular formula is C13H15N3O2. The molecule has 0 bridgehead atoms. The molecule has 1 aromatic rings. The second kappa shape index (κ2) is 5.52. The normalized spacial score (nSPS) is 19.1. The molecule has 0 aliphatic carbocycles. The topological polar surface area (TPSA) is 65.4 Å². The first-order valence-corrected chi connectivity index (χ1v) is 5.82. The molecule has 2 rings (SSSR count). The summed E-state index contributed by atoms with van der Waals surface area (Å²) >= 11 is 0. The summed E-state index contributed by atoms with van der Waals surface area (Å²) in [4.78, 5) is 12.9. The molecule has 1 saturated heterocycles. The number of hydrogen-bond donors (Lipinski definition) is 1. The van der Waals surface area contributed by atoms with Crippen molar-refractivity contribution >= 4 is 17.3 Å². The van der Waals surface area contributed by atoms with Crippen LogP contribution < -0.4 is 10.2 Å². The number of rotatable bonds is 2. The Morgan fingerprint density at radius 2 is 2.22 bits per heavy atom. The fourth-order valence-electron chi connectivity index (χ4n) is 1.96. The zero-order valence-electron chi connectivity index (χ0n) is 10.2. The van der Waals surface area contributed by atoms with E-state index in [2.05, 4.69) is 11.4 Å². The Morgan fingerprint density at radius 1 is 1.50 bits per heavy atom. The lowest BCUT2D eigenvalue weighted by atomic mass is 10.2. The number of nitrogens with zero attached hydrogens (tertiary/aromatic N) is 2. The van der Waals surface area contributed by atoms with Crippen LogP contribution >= 0.6 is 0 Å². The summed E-state index contributed by atoms with van der Waals surface area (Å²) in [6.07, 6.45) is 0. The molecule has 0 radical (unpaired) electrons. The summed E-state index contributed by atoms with van der Waals surface area (Å²) in [5.74, 6) is -0.0935. The van der Waals surface area contributed by atoms with Crippen molar-refractivity contribution in [2.45, 2.75) is 13.0 Å². The molecule has 1 N–H and O–H groups in total. The van der Waals surface area contributed by atoms with Crippen LogP contribution in [0.5, 0.6) is 0 Å². The standard InChI is InChI=1S/C13H15N3O2/c1-10(17)15-11-2-4-12(5-3-11)16-6-7-18-9-13(16)8-14/h2-5,13H,6-7,9H2,1H3,(H,15,17). The predicted octanol–water partition coefficient (Wildman–Crippen LogP) is 1.37. The number of ether oxygens (including phenoxy) is 1. The Balaban J connectivity index is 2.13. The molecule has 94 valence electrons. The lowest BCUT2D eigenvalue weighted by molar-refractivity contribution is -0.114. The van der Waals surface area contributed by atoms with Gasteiger partial charge in [0.15, 0.2) is 0 Å². The number of nitriles is 1. The Morgan fingerprint density at radius 3 is 2.83 bits per heavy atom. The summed E-state index contributed by atoms with van der Waals surface area (Å²) in [5, 5.41) is 11.8. The molecular weight excluding hydrogens is 230 g/mol. The van der Waals surface area contributed by atoms with Crippen LogP contribution in [0.1, 0.15) is 6.92 Å². The smallest absolute Gasteiger partial charge is 0.221 e. The fraction of sp³-hybridized carbons (Fsp3) is 0.385. The lowest BCUT2D eigenvalue weighted by Gasteiger charge is -2.33. The van der Waals surface area contributed by atoms with Crippen molar-refractivity contribution in [1.29, 1.82) is 5.26 Å². The van der Waals surface area contributed by atoms with Gasteiger partial charge in [-0.15, -0.1) is 0 Å². The number of benzene rings is 1. The highest BCUT2D eigenvalue weighted by atomic mass is 16.5. The van der Waals surface area contributed by atoms with Gasteiger partial charge in [0.05, 0.1) is 19.3 Å². The van der Waals surface area contributed by atoms with Crippen molar-refractivity contribution in [2.24, 2.45) is 0 Å². The number of nitrogens with one attached hydrogen (secondary N) is 1. The number of morpholine rings is 1. The molecule has 5 nitrogen and oxygen atoms in total. The number of anilines is 2. The number of amides is 1. The average molecular weight is 245 g/mol. The number of carbonyl (C=O) groups is 1. The fourth-order valence-corrected chi connectivity index (χ4v) is 1.96. The average Bonchev–Trinajstić information content (AvgIpc) is 2.39. The van der Waals surface area contributed by atoms with Crippen molar-refractivity contribution in [3.05, 3.63) is 24.3 Å². The first-order chi connectivity index (χ1) is 8.70. The van der Waals surface area contributed by atoms with Crippen molar-refractivity contribution in [3.63, 3.8) is 0 Å². The minimum Gasteiger partial charge on any atom is -0.376 e. The molecule has 1 atom stereocenters. The third-order valence-electron chi connectivity index (χ3n) is 2.80. The Bertz CT molecular complexity index is 464. The number of hydrogen-bond acceptors (Lipinski definition) is 4. The first kappa shape index (κ1) is 12.4. The maximum absolute atomic E-state index is 10.9. The minimum absolute atomic E-state index is 0.0935. The van der Waals surface area contributed by atoms with Crippen LogP contribution in [0.4, 0.5) is 11.4 Å². The number of carbonyl (C=O) groups excluding carboxylic acids is 1. The molecule has 1 aromatic carbocycles. The van der Waals surface area contributed by atoms with Crippen LogP contribution in [0, 0.1) is 11.3 Å². The molecule has 1 unspecified atom stereocenters. The molecule has 0 saturated carbocycles. The Hall–Kier alpha value is -2.06. The molecule has 18 heavy (non-hydrogen) atoms. The van der Waals surface area contributed by atoms with Gasteiger partial charge in [-0.1, -0.05) is 0 Å². The third kappa shape index (κ3) is 2.79. The van der Waals surface area contributed by atoms with Crippen LogP contribution in [0.3, 0.4) is 0 Å². The lowest BCUT2D eigenvalue weighted by Crippen LogP contribution is -2.44. The summed E-state index contributed by atoms with van der Waals surface area (Å²) < 4.78 is 5.28. The molecule has 1 heterocycles. The highest BCUT2D eigenvalue weighted by Crippen LogP contribution is 2.21. The van der Waals surface area contributed by atoms with Gasteiger partial charge >= 0.3 is 0 Å². The van der Waals surface area contributed by atoms with E-state index in [4.69, 9.17) is 10.00 Å². The Kier molecular flexibility index (Phi) is 3.80. The van der Waals surface area contributed by atoms with Gasteiger partial charge in [0.1, 0.15) is 6.04 Å². The molecule has 1 fully saturated rings. The minimum atomic E-state index is -0.245. The largest absolute Gasteiger partial charge is 0.376 e. The maximum Gasteiger partial charge on any atom is 0.221 e. The van der Waals surface area contributed by atoms with Gasteiger partial charge < -0.3 is 15.0 Å². The van der Waals surface area contributed by atoms with Crippen molar-refractivity contribution in [2.75, 3.05) is 30.0 Å². The SMILES string of the molecule is CC(=O)Nc1ccc(N2CCOCC2C#N)cc1. The first-order valence-electron chi connectivity index (χ1n) is 5.82. The summed E-state index contributed by atoms with van der Waals surface area (Å²) in [5.41, 5.74) is 1.73. The summed E-state index contributed by atoms with van der Waals surface area (Å²) in [6.45, 7) is 3.24. The van der Waals surface area contributed by atoms with Gasteiger partial charge in [-0.3, -0.25) is 4.79 Å². The summed E-state index contributed by atoms with van der Waals surface area (Å²) in [6, 6.07) is 9.46. The highest BCUT2D eigenvalue weighted by molar-refractivity contribution is 5.88. The van der Waals surface area contributed by atoms with Crippen molar-refractivity contribution < 1.29 is 9.53 Å². The van der Waals surface area contributed by atoms with Crippen LogP contribution in [0.2, 0.25) is 0 Å². The van der Waals surface area contributed by atoms with E-state index in [0.29, 0.717) is 19.8 Å². The monoisotopic (exact) mass is 245 g/mol. The van der Waals surface area contributed by atoms with E-state index < -0.39 is 0 Å². The van der Waals surface area contributed by atoms with Gasteiger partial charge in [0.25, 0.3) is 0 Å². The highest BCUT2D eigenvalue weighted by Gasteiger charge is 2.22. The van der Waals surface area contributed by atoms with Crippen LogP contribution in [-0.2, 0) is 9.53 Å². The van der Waals surface area contributed by atoms with Gasteiger partial charge in [-0.2, -0.15) is 5.26 Å². The molecule has 5 heteroatoms. The summed E-state index contributed by atoms with van der Waals surface area (Å²) in [7, 11) is 0. The van der Waals surface area contributed by atoms with E-state index in [1.54, 1.807) is 0 Å². The second-order valence-corrected chi connectivity index (χ2v) is 4.14. The van der Waals surface area contributed by atoms with Crippen molar-refractivity contribution in [1.82, 2.24) is 0 Å². The molecule has 1 amide bonds. The molecule has 1 aliphatic heterocycles. The van der Waals surface area contributed by atoms with E-state index in [-0.39, 0.29) is 11.9 Å². The van der Waals surface area contributed by atoms with Gasteiger partial charge in [0, 0.05) is 24.8 Å². The van der Waals surface area contributed by atoms with Gasteiger partial charge in [0.2, 0.25) is 5.91 Å². The van der Waals surface area contributed by atoms with E-state index in [1.165, 1.54) is 6.92 Å².